The maximum Gasteiger partial charge on any atom is 0.269 e. The summed E-state index contributed by atoms with van der Waals surface area (Å²) in [5, 5.41) is 13.3. The molecule has 1 aromatic heterocycles. The number of fused-ring (bicyclic) bond motifs is 1. The Morgan fingerprint density at radius 2 is 1.89 bits per heavy atom. The molecule has 6 heteroatoms. The third-order valence-electron chi connectivity index (χ3n) is 5.85. The van der Waals surface area contributed by atoms with Crippen LogP contribution in [0.4, 0.5) is 0 Å². The first-order valence-corrected chi connectivity index (χ1v) is 9.57. The van der Waals surface area contributed by atoms with Gasteiger partial charge in [-0.15, -0.1) is 0 Å². The van der Waals surface area contributed by atoms with Crippen LogP contribution >= 0.6 is 0 Å². The molecule has 2 aliphatic rings. The highest BCUT2D eigenvalue weighted by atomic mass is 16.5. The van der Waals surface area contributed by atoms with Crippen molar-refractivity contribution in [2.75, 3.05) is 20.3 Å². The number of nitrogens with zero attached hydrogens (tertiary/aromatic N) is 1. The second-order valence-electron chi connectivity index (χ2n) is 7.71. The smallest absolute Gasteiger partial charge is 0.269 e. The second kappa shape index (κ2) is 7.45. The van der Waals surface area contributed by atoms with E-state index in [-0.39, 0.29) is 17.4 Å². The number of aliphatic hydroxyl groups excluding tert-OH is 1. The lowest BCUT2D eigenvalue weighted by Crippen LogP contribution is -2.21. The zero-order valence-corrected chi connectivity index (χ0v) is 16.0. The minimum Gasteiger partial charge on any atom is -0.382 e. The Balaban J connectivity index is 1.62. The van der Waals surface area contributed by atoms with Gasteiger partial charge in [-0.3, -0.25) is 9.59 Å². The molecule has 1 amide bonds. The minimum absolute atomic E-state index is 0.0238. The third-order valence-corrected chi connectivity index (χ3v) is 5.85. The van der Waals surface area contributed by atoms with Crippen molar-refractivity contribution in [3.8, 4) is 0 Å². The summed E-state index contributed by atoms with van der Waals surface area (Å²) >= 11 is 0. The number of hydrogen-bond donors (Lipinski definition) is 2. The van der Waals surface area contributed by atoms with Crippen molar-refractivity contribution >= 4 is 11.7 Å². The Kier molecular flexibility index (Phi) is 5.00. The Bertz CT molecular complexity index is 899. The Hall–Kier alpha value is -2.57. The van der Waals surface area contributed by atoms with E-state index in [1.54, 1.807) is 6.07 Å². The number of Topliss-reactive ketones (excluding diaryl/α,β-unsaturated/α-hetero) is 1. The number of ketones is 1. The predicted octanol–water partition coefficient (Wildman–Crippen LogP) is 2.30. The van der Waals surface area contributed by atoms with Gasteiger partial charge in [0.1, 0.15) is 11.8 Å². The summed E-state index contributed by atoms with van der Waals surface area (Å²) in [6, 6.07) is 10.6. The molecule has 6 nitrogen and oxygen atoms in total. The second-order valence-corrected chi connectivity index (χ2v) is 7.71. The Labute approximate surface area is 163 Å². The SMILES string of the molecule is CNC(=O)c1cc(C(=O)CC2[C@H]3COC[C@@H]23)cc([C@@H](O)c2ccc(C)cc2)n1. The quantitative estimate of drug-likeness (QED) is 0.751. The van der Waals surface area contributed by atoms with Gasteiger partial charge in [-0.1, -0.05) is 29.8 Å². The van der Waals surface area contributed by atoms with E-state index in [4.69, 9.17) is 4.74 Å². The Morgan fingerprint density at radius 1 is 1.21 bits per heavy atom. The molecule has 0 bridgehead atoms. The van der Waals surface area contributed by atoms with Gasteiger partial charge in [0.05, 0.1) is 18.9 Å². The van der Waals surface area contributed by atoms with Gasteiger partial charge in [0.15, 0.2) is 5.78 Å². The van der Waals surface area contributed by atoms with E-state index in [1.165, 1.54) is 13.1 Å². The summed E-state index contributed by atoms with van der Waals surface area (Å²) < 4.78 is 5.39. The van der Waals surface area contributed by atoms with Gasteiger partial charge < -0.3 is 15.2 Å². The van der Waals surface area contributed by atoms with E-state index in [1.807, 2.05) is 31.2 Å². The molecule has 1 saturated heterocycles. The van der Waals surface area contributed by atoms with Crippen LogP contribution in [-0.4, -0.2) is 42.0 Å². The molecule has 0 spiro atoms. The lowest BCUT2D eigenvalue weighted by Gasteiger charge is -2.14. The summed E-state index contributed by atoms with van der Waals surface area (Å²) in [6.07, 6.45) is -0.568. The van der Waals surface area contributed by atoms with Gasteiger partial charge in [0.25, 0.3) is 5.91 Å². The summed E-state index contributed by atoms with van der Waals surface area (Å²) in [7, 11) is 1.51. The first kappa shape index (κ1) is 18.8. The average molecular weight is 380 g/mol. The molecule has 2 N–H and O–H groups in total. The lowest BCUT2D eigenvalue weighted by atomic mass is 9.99. The summed E-state index contributed by atoms with van der Waals surface area (Å²) in [5.41, 5.74) is 2.60. The number of carbonyl (C=O) groups excluding carboxylic acids is 2. The number of benzene rings is 1. The van der Waals surface area contributed by atoms with Crippen molar-refractivity contribution < 1.29 is 19.4 Å². The van der Waals surface area contributed by atoms with Gasteiger partial charge in [-0.2, -0.15) is 0 Å². The van der Waals surface area contributed by atoms with E-state index in [0.29, 0.717) is 41.0 Å². The highest BCUT2D eigenvalue weighted by molar-refractivity contribution is 6.00. The number of aromatic nitrogens is 1. The van der Waals surface area contributed by atoms with Gasteiger partial charge in [-0.05, 0) is 42.4 Å². The lowest BCUT2D eigenvalue weighted by molar-refractivity contribution is 0.0950. The zero-order chi connectivity index (χ0) is 19.8. The van der Waals surface area contributed by atoms with E-state index in [2.05, 4.69) is 10.3 Å². The number of carbonyl (C=O) groups is 2. The topological polar surface area (TPSA) is 88.5 Å². The van der Waals surface area contributed by atoms with Gasteiger partial charge in [-0.25, -0.2) is 4.98 Å². The number of aryl methyl sites for hydroxylation is 1. The van der Waals surface area contributed by atoms with Gasteiger partial charge in [0, 0.05) is 19.0 Å². The number of amides is 1. The molecule has 2 heterocycles. The molecule has 1 aliphatic carbocycles. The fraction of sp³-hybridized carbons (Fsp3) is 0.409. The largest absolute Gasteiger partial charge is 0.382 e. The van der Waals surface area contributed by atoms with Crippen LogP contribution in [0.15, 0.2) is 36.4 Å². The van der Waals surface area contributed by atoms with Gasteiger partial charge >= 0.3 is 0 Å². The first-order chi connectivity index (χ1) is 13.5. The van der Waals surface area contributed by atoms with Crippen molar-refractivity contribution in [3.63, 3.8) is 0 Å². The fourth-order valence-electron chi connectivity index (χ4n) is 4.01. The highest BCUT2D eigenvalue weighted by Crippen LogP contribution is 2.52. The van der Waals surface area contributed by atoms with Crippen molar-refractivity contribution in [2.45, 2.75) is 19.4 Å². The molecule has 1 aliphatic heterocycles. The molecule has 28 heavy (non-hydrogen) atoms. The normalized spacial score (nSPS) is 23.8. The molecular weight excluding hydrogens is 356 g/mol. The Morgan fingerprint density at radius 3 is 2.54 bits per heavy atom. The molecule has 0 radical (unpaired) electrons. The van der Waals surface area contributed by atoms with Crippen LogP contribution < -0.4 is 5.32 Å². The maximum atomic E-state index is 12.9. The van der Waals surface area contributed by atoms with Crippen LogP contribution in [0.25, 0.3) is 0 Å². The molecule has 2 aromatic rings. The average Bonchev–Trinajstić information content (AvgIpc) is 3.13. The van der Waals surface area contributed by atoms with E-state index >= 15 is 0 Å². The summed E-state index contributed by atoms with van der Waals surface area (Å²) in [6.45, 7) is 3.44. The van der Waals surface area contributed by atoms with Crippen molar-refractivity contribution in [1.29, 1.82) is 0 Å². The number of hydrogen-bond acceptors (Lipinski definition) is 5. The van der Waals surface area contributed by atoms with Crippen molar-refractivity contribution in [2.24, 2.45) is 17.8 Å². The van der Waals surface area contributed by atoms with Crippen LogP contribution in [0.2, 0.25) is 0 Å². The van der Waals surface area contributed by atoms with Crippen LogP contribution in [0.1, 0.15) is 50.2 Å². The molecule has 4 atom stereocenters. The maximum absolute atomic E-state index is 12.9. The molecule has 1 unspecified atom stereocenters. The number of aliphatic hydroxyl groups is 1. The molecule has 2 fully saturated rings. The van der Waals surface area contributed by atoms with E-state index in [0.717, 1.165) is 18.8 Å². The number of rotatable bonds is 6. The number of pyridine rings is 1. The standard InChI is InChI=1S/C22H24N2O4/c1-12-3-5-13(6-4-12)21(26)18-7-14(8-19(24-18)22(27)23-2)20(25)9-15-16-10-28-11-17(15)16/h3-8,15-17,21,26H,9-11H2,1-2H3,(H,23,27)/t15?,16-,17+,21-/m0/s1. The molecule has 1 saturated carbocycles. The van der Waals surface area contributed by atoms with E-state index in [9.17, 15) is 14.7 Å². The predicted molar refractivity (Wildman–Crippen MR) is 103 cm³/mol. The molecular formula is C22H24N2O4. The van der Waals surface area contributed by atoms with Crippen molar-refractivity contribution in [1.82, 2.24) is 10.3 Å². The fourth-order valence-corrected chi connectivity index (χ4v) is 4.01. The summed E-state index contributed by atoms with van der Waals surface area (Å²) in [5.74, 6) is 0.931. The number of nitrogens with one attached hydrogen (secondary N) is 1. The third kappa shape index (κ3) is 3.57. The summed E-state index contributed by atoms with van der Waals surface area (Å²) in [4.78, 5) is 29.3. The van der Waals surface area contributed by atoms with Crippen LogP contribution in [0, 0.1) is 24.7 Å². The zero-order valence-electron chi connectivity index (χ0n) is 16.0. The number of ether oxygens (including phenoxy) is 1. The minimum atomic E-state index is -1.01. The first-order valence-electron chi connectivity index (χ1n) is 9.57. The van der Waals surface area contributed by atoms with Gasteiger partial charge in [0.2, 0.25) is 0 Å². The van der Waals surface area contributed by atoms with Crippen LogP contribution in [0.5, 0.6) is 0 Å². The molecule has 1 aromatic carbocycles. The van der Waals surface area contributed by atoms with Crippen LogP contribution in [-0.2, 0) is 4.74 Å². The highest BCUT2D eigenvalue weighted by Gasteiger charge is 2.54. The van der Waals surface area contributed by atoms with Crippen LogP contribution in [0.3, 0.4) is 0 Å². The molecule has 146 valence electrons. The van der Waals surface area contributed by atoms with E-state index < -0.39 is 6.10 Å². The molecule has 4 rings (SSSR count). The monoisotopic (exact) mass is 380 g/mol. The van der Waals surface area contributed by atoms with Crippen molar-refractivity contribution in [3.05, 3.63) is 64.5 Å².